The van der Waals surface area contributed by atoms with Crippen LogP contribution in [0.5, 0.6) is 0 Å². The zero-order chi connectivity index (χ0) is 25.7. The first kappa shape index (κ1) is 23.8. The van der Waals surface area contributed by atoms with E-state index in [0.717, 1.165) is 40.5 Å². The van der Waals surface area contributed by atoms with Gasteiger partial charge in [0, 0.05) is 54.9 Å². The van der Waals surface area contributed by atoms with Gasteiger partial charge < -0.3 is 11.1 Å². The lowest BCUT2D eigenvalue weighted by Gasteiger charge is -2.46. The molecule has 1 aliphatic heterocycles. The van der Waals surface area contributed by atoms with Gasteiger partial charge in [-0.3, -0.25) is 24.2 Å². The predicted molar refractivity (Wildman–Crippen MR) is 141 cm³/mol. The summed E-state index contributed by atoms with van der Waals surface area (Å²) >= 11 is 1.42. The Kier molecular flexibility index (Phi) is 5.84. The number of carbonyl (C=O) groups is 2. The summed E-state index contributed by atoms with van der Waals surface area (Å²) in [4.78, 5) is 33.8. The fourth-order valence-electron chi connectivity index (χ4n) is 5.77. The molecule has 192 valence electrons. The number of pyridine rings is 1. The van der Waals surface area contributed by atoms with Gasteiger partial charge in [-0.1, -0.05) is 0 Å². The number of rotatable bonds is 7. The van der Waals surface area contributed by atoms with Gasteiger partial charge >= 0.3 is 0 Å². The van der Waals surface area contributed by atoms with Crippen molar-refractivity contribution in [3.05, 3.63) is 47.7 Å². The van der Waals surface area contributed by atoms with Crippen molar-refractivity contribution in [1.29, 1.82) is 0 Å². The van der Waals surface area contributed by atoms with Crippen LogP contribution in [0.25, 0.3) is 26.5 Å². The highest BCUT2D eigenvalue weighted by Crippen LogP contribution is 2.45. The number of thiazole rings is 1. The molecule has 3 N–H and O–H groups in total. The molecule has 6 rings (SSSR count). The highest BCUT2D eigenvalue weighted by Gasteiger charge is 2.44. The average molecular weight is 519 g/mol. The molecule has 1 saturated heterocycles. The van der Waals surface area contributed by atoms with Crippen LogP contribution in [-0.4, -0.2) is 66.3 Å². The molecule has 37 heavy (non-hydrogen) atoms. The van der Waals surface area contributed by atoms with Crippen LogP contribution in [0.1, 0.15) is 58.5 Å². The lowest BCUT2D eigenvalue weighted by molar-refractivity contribution is 0.0561. The number of aromatic nitrogens is 5. The number of nitrogens with one attached hydrogen (secondary N) is 1. The number of carbonyl (C=O) groups excluding carboxylic acids is 2. The van der Waals surface area contributed by atoms with Crippen molar-refractivity contribution in [3.63, 3.8) is 0 Å². The van der Waals surface area contributed by atoms with Crippen molar-refractivity contribution in [2.75, 3.05) is 19.6 Å². The molecule has 1 aliphatic carbocycles. The third-order valence-corrected chi connectivity index (χ3v) is 9.10. The molecule has 0 aromatic carbocycles. The Labute approximate surface area is 218 Å². The van der Waals surface area contributed by atoms with Crippen LogP contribution in [0, 0.1) is 6.92 Å². The number of likely N-dealkylation sites (tertiary alicyclic amines) is 1. The van der Waals surface area contributed by atoms with E-state index in [1.54, 1.807) is 21.6 Å². The van der Waals surface area contributed by atoms with Crippen LogP contribution in [0.2, 0.25) is 0 Å². The van der Waals surface area contributed by atoms with Gasteiger partial charge in [-0.25, -0.2) is 4.52 Å². The number of fused-ring (bicyclic) bond motifs is 1. The summed E-state index contributed by atoms with van der Waals surface area (Å²) in [5, 5.41) is 11.9. The number of nitrogens with zero attached hydrogens (tertiary/aromatic N) is 6. The summed E-state index contributed by atoms with van der Waals surface area (Å²) in [6, 6.07) is 1.86. The number of hydrogen-bond donors (Lipinski definition) is 2. The molecular formula is C26H30N8O2S. The van der Waals surface area contributed by atoms with E-state index in [1.165, 1.54) is 49.6 Å². The van der Waals surface area contributed by atoms with E-state index in [0.29, 0.717) is 28.0 Å². The monoisotopic (exact) mass is 518 g/mol. The van der Waals surface area contributed by atoms with Crippen LogP contribution >= 0.6 is 11.3 Å². The van der Waals surface area contributed by atoms with Gasteiger partial charge in [-0.15, -0.1) is 11.3 Å². The lowest BCUT2D eigenvalue weighted by Crippen LogP contribution is -2.51. The molecular weight excluding hydrogens is 488 g/mol. The third-order valence-electron chi connectivity index (χ3n) is 7.88. The van der Waals surface area contributed by atoms with Gasteiger partial charge in [0.2, 0.25) is 0 Å². The molecule has 1 saturated carbocycles. The van der Waals surface area contributed by atoms with Crippen molar-refractivity contribution in [2.24, 2.45) is 12.8 Å². The molecule has 0 unspecified atom stereocenters. The zero-order valence-electron chi connectivity index (χ0n) is 21.0. The maximum Gasteiger partial charge on any atom is 0.253 e. The first-order valence-electron chi connectivity index (χ1n) is 12.7. The molecule has 0 bridgehead atoms. The van der Waals surface area contributed by atoms with Crippen LogP contribution < -0.4 is 11.1 Å². The fraction of sp³-hybridized carbons (Fsp3) is 0.423. The Morgan fingerprint density at radius 1 is 1.16 bits per heavy atom. The highest BCUT2D eigenvalue weighted by molar-refractivity contribution is 7.21. The normalized spacial score (nSPS) is 16.9. The topological polar surface area (TPSA) is 123 Å². The summed E-state index contributed by atoms with van der Waals surface area (Å²) in [6.07, 6.45) is 13.2. The number of aryl methyl sites for hydroxylation is 2. The standard InChI is InChI=1S/C26H30N8O2S/c1-16-19(11-17(12-29-16)24(36)28-8-10-33-9-4-7-26(33)5-3-6-26)21-22(18-13-30-32(2)15-18)37-25-20(23(27)35)14-31-34(21)25/h11-15H,3-10H2,1-2H3,(H2,27,35)(H,28,36). The highest BCUT2D eigenvalue weighted by atomic mass is 32.1. The molecule has 2 fully saturated rings. The van der Waals surface area contributed by atoms with Crippen molar-refractivity contribution in [2.45, 2.75) is 44.6 Å². The fourth-order valence-corrected chi connectivity index (χ4v) is 6.97. The van der Waals surface area contributed by atoms with Gasteiger partial charge in [0.25, 0.3) is 11.8 Å². The van der Waals surface area contributed by atoms with Crippen LogP contribution in [0.4, 0.5) is 0 Å². The molecule has 4 aromatic rings. The van der Waals surface area contributed by atoms with Gasteiger partial charge in [0.05, 0.1) is 34.1 Å². The largest absolute Gasteiger partial charge is 0.365 e. The molecule has 2 aliphatic rings. The van der Waals surface area contributed by atoms with Crippen molar-refractivity contribution < 1.29 is 9.59 Å². The molecule has 0 atom stereocenters. The Morgan fingerprint density at radius 2 is 1.97 bits per heavy atom. The maximum atomic E-state index is 13.1. The molecule has 4 aromatic heterocycles. The molecule has 2 amide bonds. The number of hydrogen-bond acceptors (Lipinski definition) is 7. The zero-order valence-corrected chi connectivity index (χ0v) is 21.8. The molecule has 0 radical (unpaired) electrons. The summed E-state index contributed by atoms with van der Waals surface area (Å²) in [5.74, 6) is -0.687. The first-order chi connectivity index (χ1) is 17.9. The number of nitrogens with two attached hydrogens (primary N) is 1. The van der Waals surface area contributed by atoms with Crippen LogP contribution in [0.15, 0.2) is 30.9 Å². The van der Waals surface area contributed by atoms with E-state index in [9.17, 15) is 9.59 Å². The second-order valence-electron chi connectivity index (χ2n) is 10.1. The lowest BCUT2D eigenvalue weighted by atomic mass is 9.75. The van der Waals surface area contributed by atoms with Gasteiger partial charge in [0.15, 0.2) is 0 Å². The second kappa shape index (κ2) is 9.07. The van der Waals surface area contributed by atoms with Crippen molar-refractivity contribution in [3.8, 4) is 21.7 Å². The summed E-state index contributed by atoms with van der Waals surface area (Å²) in [7, 11) is 1.85. The molecule has 11 heteroatoms. The van der Waals surface area contributed by atoms with E-state index in [2.05, 4.69) is 25.4 Å². The predicted octanol–water partition coefficient (Wildman–Crippen LogP) is 3.01. The summed E-state index contributed by atoms with van der Waals surface area (Å²) < 4.78 is 3.43. The minimum atomic E-state index is -0.537. The van der Waals surface area contributed by atoms with E-state index in [1.807, 2.05) is 26.2 Å². The van der Waals surface area contributed by atoms with E-state index in [4.69, 9.17) is 5.73 Å². The average Bonchev–Trinajstić information content (AvgIpc) is 3.61. The van der Waals surface area contributed by atoms with Crippen LogP contribution in [0.3, 0.4) is 0 Å². The van der Waals surface area contributed by atoms with Crippen molar-refractivity contribution in [1.82, 2.24) is 34.6 Å². The Bertz CT molecular complexity index is 1510. The minimum Gasteiger partial charge on any atom is -0.365 e. The Hall–Kier alpha value is -3.57. The SMILES string of the molecule is Cc1ncc(C(=O)NCCN2CCCC23CCC3)cc1-c1c(-c2cnn(C)c2)sc2c(C(N)=O)cnn12. The van der Waals surface area contributed by atoms with E-state index >= 15 is 0 Å². The van der Waals surface area contributed by atoms with Gasteiger partial charge in [-0.2, -0.15) is 10.2 Å². The van der Waals surface area contributed by atoms with E-state index in [-0.39, 0.29) is 5.91 Å². The quantitative estimate of drug-likeness (QED) is 0.388. The summed E-state index contributed by atoms with van der Waals surface area (Å²) in [5.41, 5.74) is 10.00. The molecule has 5 heterocycles. The number of amides is 2. The van der Waals surface area contributed by atoms with Gasteiger partial charge in [-0.05, 0) is 51.6 Å². The Morgan fingerprint density at radius 3 is 2.68 bits per heavy atom. The van der Waals surface area contributed by atoms with Crippen LogP contribution in [-0.2, 0) is 7.05 Å². The maximum absolute atomic E-state index is 13.1. The number of primary amides is 1. The second-order valence-corrected chi connectivity index (χ2v) is 11.1. The third kappa shape index (κ3) is 4.02. The minimum absolute atomic E-state index is 0.150. The van der Waals surface area contributed by atoms with Crippen molar-refractivity contribution >= 4 is 28.0 Å². The first-order valence-corrected chi connectivity index (χ1v) is 13.5. The summed E-state index contributed by atoms with van der Waals surface area (Å²) in [6.45, 7) is 4.50. The molecule has 10 nitrogen and oxygen atoms in total. The Balaban J connectivity index is 1.31. The molecule has 1 spiro atoms. The van der Waals surface area contributed by atoms with Gasteiger partial charge in [0.1, 0.15) is 4.83 Å². The van der Waals surface area contributed by atoms with E-state index < -0.39 is 5.91 Å². The smallest absolute Gasteiger partial charge is 0.253 e.